The highest BCUT2D eigenvalue weighted by Crippen LogP contribution is 2.26. The highest BCUT2D eigenvalue weighted by Gasteiger charge is 2.21. The van der Waals surface area contributed by atoms with Crippen LogP contribution in [0.15, 0.2) is 29.3 Å². The van der Waals surface area contributed by atoms with Gasteiger partial charge in [-0.15, -0.1) is 0 Å². The number of piperidine rings is 1. The number of nitrogens with one attached hydrogen (secondary N) is 2. The van der Waals surface area contributed by atoms with Crippen LogP contribution in [0.4, 0.5) is 5.69 Å². The summed E-state index contributed by atoms with van der Waals surface area (Å²) in [5.74, 6) is 1.52. The molecule has 32 heavy (non-hydrogen) atoms. The van der Waals surface area contributed by atoms with Gasteiger partial charge < -0.3 is 25.0 Å². The molecule has 0 aromatic heterocycles. The number of benzene rings is 1. The summed E-state index contributed by atoms with van der Waals surface area (Å²) in [6.45, 7) is 16.1. The molecule has 2 saturated heterocycles. The molecule has 2 aliphatic heterocycles. The molecule has 0 saturated carbocycles. The Morgan fingerprint density at radius 2 is 1.91 bits per heavy atom. The number of guanidine groups is 1. The molecular formula is C26H44N4O2. The van der Waals surface area contributed by atoms with E-state index in [0.29, 0.717) is 12.0 Å². The minimum atomic E-state index is 0.203. The van der Waals surface area contributed by atoms with Gasteiger partial charge in [-0.05, 0) is 55.7 Å². The second-order valence-electron chi connectivity index (χ2n) is 10.1. The first-order chi connectivity index (χ1) is 15.5. The van der Waals surface area contributed by atoms with E-state index in [1.54, 1.807) is 0 Å². The fourth-order valence-electron chi connectivity index (χ4n) is 4.29. The Morgan fingerprint density at radius 3 is 2.53 bits per heavy atom. The summed E-state index contributed by atoms with van der Waals surface area (Å²) < 4.78 is 11.2. The van der Waals surface area contributed by atoms with Crippen molar-refractivity contribution in [2.75, 3.05) is 57.5 Å². The van der Waals surface area contributed by atoms with E-state index in [1.807, 2.05) is 0 Å². The van der Waals surface area contributed by atoms with Crippen molar-refractivity contribution < 1.29 is 9.47 Å². The van der Waals surface area contributed by atoms with Gasteiger partial charge in [-0.25, -0.2) is 0 Å². The predicted octanol–water partition coefficient (Wildman–Crippen LogP) is 3.95. The van der Waals surface area contributed by atoms with Crippen LogP contribution in [-0.4, -0.2) is 64.6 Å². The molecule has 1 aromatic carbocycles. The molecule has 2 aliphatic rings. The van der Waals surface area contributed by atoms with Crippen molar-refractivity contribution >= 4 is 11.6 Å². The molecule has 1 aromatic rings. The van der Waals surface area contributed by atoms with Crippen LogP contribution < -0.4 is 15.5 Å². The number of aliphatic imine (C=N–C) groups is 1. The van der Waals surface area contributed by atoms with Crippen LogP contribution in [0.1, 0.15) is 58.9 Å². The van der Waals surface area contributed by atoms with Crippen LogP contribution in [0, 0.1) is 5.92 Å². The predicted molar refractivity (Wildman–Crippen MR) is 134 cm³/mol. The van der Waals surface area contributed by atoms with Crippen molar-refractivity contribution in [2.24, 2.45) is 10.9 Å². The largest absolute Gasteiger partial charge is 0.381 e. The Bertz CT molecular complexity index is 685. The SMILES string of the molecule is CCNC(=NCCCOCC1CCOC1)NC1CCN(c2ccc(C(C)(C)C)cc2)CC1. The maximum absolute atomic E-state index is 5.79. The molecule has 2 N–H and O–H groups in total. The minimum absolute atomic E-state index is 0.203. The summed E-state index contributed by atoms with van der Waals surface area (Å²) in [4.78, 5) is 7.26. The van der Waals surface area contributed by atoms with Crippen molar-refractivity contribution in [3.05, 3.63) is 29.8 Å². The Hall–Kier alpha value is -1.79. The Labute approximate surface area is 195 Å². The van der Waals surface area contributed by atoms with Crippen LogP contribution in [0.25, 0.3) is 0 Å². The van der Waals surface area contributed by atoms with Gasteiger partial charge in [0.25, 0.3) is 0 Å². The van der Waals surface area contributed by atoms with E-state index in [0.717, 1.165) is 84.2 Å². The maximum atomic E-state index is 5.79. The number of hydrogen-bond acceptors (Lipinski definition) is 4. The Morgan fingerprint density at radius 1 is 1.16 bits per heavy atom. The van der Waals surface area contributed by atoms with Crippen molar-refractivity contribution in [1.29, 1.82) is 0 Å². The lowest BCUT2D eigenvalue weighted by Gasteiger charge is -2.35. The summed E-state index contributed by atoms with van der Waals surface area (Å²) in [6, 6.07) is 9.59. The van der Waals surface area contributed by atoms with E-state index < -0.39 is 0 Å². The summed E-state index contributed by atoms with van der Waals surface area (Å²) >= 11 is 0. The third kappa shape index (κ3) is 7.96. The number of nitrogens with zero attached hydrogens (tertiary/aromatic N) is 2. The van der Waals surface area contributed by atoms with E-state index in [4.69, 9.17) is 14.5 Å². The zero-order valence-corrected chi connectivity index (χ0v) is 20.7. The molecule has 6 nitrogen and oxygen atoms in total. The molecule has 2 fully saturated rings. The quantitative estimate of drug-likeness (QED) is 0.343. The third-order valence-electron chi connectivity index (χ3n) is 6.37. The molecule has 180 valence electrons. The van der Waals surface area contributed by atoms with Crippen molar-refractivity contribution in [1.82, 2.24) is 10.6 Å². The fourth-order valence-corrected chi connectivity index (χ4v) is 4.29. The summed E-state index contributed by atoms with van der Waals surface area (Å²) in [5, 5.41) is 7.05. The summed E-state index contributed by atoms with van der Waals surface area (Å²) in [6.07, 6.45) is 4.33. The molecular weight excluding hydrogens is 400 g/mol. The van der Waals surface area contributed by atoms with E-state index >= 15 is 0 Å². The van der Waals surface area contributed by atoms with Crippen molar-refractivity contribution in [2.45, 2.75) is 64.8 Å². The molecule has 6 heteroatoms. The number of ether oxygens (including phenoxy) is 2. The maximum Gasteiger partial charge on any atom is 0.191 e. The summed E-state index contributed by atoms with van der Waals surface area (Å²) in [5.41, 5.74) is 2.93. The first kappa shape index (κ1) is 24.8. The molecule has 1 atom stereocenters. The smallest absolute Gasteiger partial charge is 0.191 e. The van der Waals surface area contributed by atoms with Gasteiger partial charge >= 0.3 is 0 Å². The van der Waals surface area contributed by atoms with Crippen LogP contribution in [0.2, 0.25) is 0 Å². The molecule has 3 rings (SSSR count). The number of anilines is 1. The lowest BCUT2D eigenvalue weighted by Crippen LogP contribution is -2.48. The van der Waals surface area contributed by atoms with Gasteiger partial charge in [-0.2, -0.15) is 0 Å². The van der Waals surface area contributed by atoms with Gasteiger partial charge in [-0.3, -0.25) is 4.99 Å². The monoisotopic (exact) mass is 444 g/mol. The molecule has 0 spiro atoms. The zero-order valence-electron chi connectivity index (χ0n) is 20.7. The van der Waals surface area contributed by atoms with Crippen molar-refractivity contribution in [3.63, 3.8) is 0 Å². The minimum Gasteiger partial charge on any atom is -0.381 e. The van der Waals surface area contributed by atoms with Crippen molar-refractivity contribution in [3.8, 4) is 0 Å². The third-order valence-corrected chi connectivity index (χ3v) is 6.37. The highest BCUT2D eigenvalue weighted by atomic mass is 16.5. The molecule has 2 heterocycles. The Kier molecular flexibility index (Phi) is 9.67. The first-order valence-corrected chi connectivity index (χ1v) is 12.5. The average Bonchev–Trinajstić information content (AvgIpc) is 3.30. The van der Waals surface area contributed by atoms with E-state index in [-0.39, 0.29) is 5.41 Å². The lowest BCUT2D eigenvalue weighted by molar-refractivity contribution is 0.0893. The molecule has 0 aliphatic carbocycles. The van der Waals surface area contributed by atoms with Crippen LogP contribution in [-0.2, 0) is 14.9 Å². The second kappa shape index (κ2) is 12.4. The molecule has 1 unspecified atom stereocenters. The zero-order chi connectivity index (χ0) is 22.8. The van der Waals surface area contributed by atoms with Gasteiger partial charge in [0.2, 0.25) is 0 Å². The summed E-state index contributed by atoms with van der Waals surface area (Å²) in [7, 11) is 0. The van der Waals surface area contributed by atoms with Crippen LogP contribution in [0.3, 0.4) is 0 Å². The van der Waals surface area contributed by atoms with Gasteiger partial charge in [0, 0.05) is 57.0 Å². The van der Waals surface area contributed by atoms with Gasteiger partial charge in [0.15, 0.2) is 5.96 Å². The topological polar surface area (TPSA) is 58.1 Å². The van der Waals surface area contributed by atoms with E-state index in [9.17, 15) is 0 Å². The molecule has 0 bridgehead atoms. The Balaban J connectivity index is 1.37. The van der Waals surface area contributed by atoms with Crippen LogP contribution >= 0.6 is 0 Å². The highest BCUT2D eigenvalue weighted by molar-refractivity contribution is 5.80. The van der Waals surface area contributed by atoms with Gasteiger partial charge in [-0.1, -0.05) is 32.9 Å². The fraction of sp³-hybridized carbons (Fsp3) is 0.731. The second-order valence-corrected chi connectivity index (χ2v) is 10.1. The van der Waals surface area contributed by atoms with Gasteiger partial charge in [0.05, 0.1) is 13.2 Å². The van der Waals surface area contributed by atoms with E-state index in [1.165, 1.54) is 11.3 Å². The number of rotatable bonds is 9. The van der Waals surface area contributed by atoms with Gasteiger partial charge in [0.1, 0.15) is 0 Å². The normalized spacial score (nSPS) is 20.6. The number of hydrogen-bond donors (Lipinski definition) is 2. The lowest BCUT2D eigenvalue weighted by atomic mass is 9.87. The van der Waals surface area contributed by atoms with Crippen LogP contribution in [0.5, 0.6) is 0 Å². The standard InChI is InChI=1S/C26H44N4O2/c1-5-27-25(28-14-6-17-31-19-21-13-18-32-20-21)29-23-11-15-30(16-12-23)24-9-7-22(8-10-24)26(2,3)4/h7-10,21,23H,5-6,11-20H2,1-4H3,(H2,27,28,29). The first-order valence-electron chi connectivity index (χ1n) is 12.5. The molecule has 0 amide bonds. The average molecular weight is 445 g/mol. The van der Waals surface area contributed by atoms with E-state index in [2.05, 4.69) is 67.5 Å². The molecule has 0 radical (unpaired) electrons.